The number of hydrogen-bond donors (Lipinski definition) is 3. The van der Waals surface area contributed by atoms with Gasteiger partial charge >= 0.3 is 0 Å². The zero-order chi connectivity index (χ0) is 20.1. The molecule has 0 saturated carbocycles. The summed E-state index contributed by atoms with van der Waals surface area (Å²) in [7, 11) is 0. The van der Waals surface area contributed by atoms with Crippen molar-refractivity contribution in [1.82, 2.24) is 4.90 Å². The van der Waals surface area contributed by atoms with Crippen LogP contribution in [-0.2, 0) is 14.3 Å². The van der Waals surface area contributed by atoms with Crippen molar-refractivity contribution >= 4 is 17.5 Å². The molecule has 1 aromatic rings. The molecule has 0 spiro atoms. The summed E-state index contributed by atoms with van der Waals surface area (Å²) >= 11 is 0. The van der Waals surface area contributed by atoms with Gasteiger partial charge in [0, 0.05) is 5.69 Å². The lowest BCUT2D eigenvalue weighted by molar-refractivity contribution is -0.908. The number of piperazine rings is 1. The SMILES string of the molecule is C[C@@H]1C[NH+](CC(=O)N2CC[NH+](CC(=O)Nc3cccc(F)c3)CC2)C[C@H](C)O1. The van der Waals surface area contributed by atoms with E-state index >= 15 is 0 Å². The van der Waals surface area contributed by atoms with Gasteiger partial charge < -0.3 is 24.8 Å². The zero-order valence-electron chi connectivity index (χ0n) is 16.7. The van der Waals surface area contributed by atoms with Crippen LogP contribution in [0.2, 0.25) is 0 Å². The van der Waals surface area contributed by atoms with E-state index in [1.807, 2.05) is 4.90 Å². The summed E-state index contributed by atoms with van der Waals surface area (Å²) in [6, 6.07) is 5.89. The molecule has 28 heavy (non-hydrogen) atoms. The van der Waals surface area contributed by atoms with Crippen molar-refractivity contribution in [1.29, 1.82) is 0 Å². The fraction of sp³-hybridized carbons (Fsp3) is 0.600. The van der Waals surface area contributed by atoms with E-state index in [4.69, 9.17) is 4.74 Å². The Kier molecular flexibility index (Phi) is 6.98. The number of hydrogen-bond acceptors (Lipinski definition) is 3. The molecule has 3 rings (SSSR count). The molecule has 2 aliphatic heterocycles. The van der Waals surface area contributed by atoms with Crippen molar-refractivity contribution in [2.24, 2.45) is 0 Å². The van der Waals surface area contributed by atoms with Crippen LogP contribution < -0.4 is 15.1 Å². The zero-order valence-corrected chi connectivity index (χ0v) is 16.7. The Bertz CT molecular complexity index is 684. The predicted molar refractivity (Wildman–Crippen MR) is 103 cm³/mol. The molecule has 8 heteroatoms. The Labute approximate surface area is 165 Å². The summed E-state index contributed by atoms with van der Waals surface area (Å²) in [6.45, 7) is 9.47. The summed E-state index contributed by atoms with van der Waals surface area (Å²) in [6.07, 6.45) is 0.369. The highest BCUT2D eigenvalue weighted by atomic mass is 19.1. The fourth-order valence-corrected chi connectivity index (χ4v) is 4.11. The van der Waals surface area contributed by atoms with Gasteiger partial charge in [-0.05, 0) is 32.0 Å². The van der Waals surface area contributed by atoms with Crippen molar-refractivity contribution in [2.75, 3.05) is 57.7 Å². The van der Waals surface area contributed by atoms with Gasteiger partial charge in [-0.1, -0.05) is 6.07 Å². The first kappa shape index (κ1) is 20.7. The molecule has 2 aliphatic rings. The van der Waals surface area contributed by atoms with Crippen LogP contribution in [-0.4, -0.2) is 81.3 Å². The number of quaternary nitrogens is 2. The normalized spacial score (nSPS) is 26.1. The van der Waals surface area contributed by atoms with E-state index in [-0.39, 0.29) is 29.8 Å². The van der Waals surface area contributed by atoms with Gasteiger partial charge in [-0.2, -0.15) is 0 Å². The van der Waals surface area contributed by atoms with Crippen LogP contribution in [0.3, 0.4) is 0 Å². The van der Waals surface area contributed by atoms with E-state index < -0.39 is 0 Å². The Balaban J connectivity index is 1.40. The Morgan fingerprint density at radius 2 is 1.82 bits per heavy atom. The van der Waals surface area contributed by atoms with E-state index in [1.54, 1.807) is 12.1 Å². The third-order valence-corrected chi connectivity index (χ3v) is 5.36. The molecule has 0 aliphatic carbocycles. The Morgan fingerprint density at radius 1 is 1.14 bits per heavy atom. The van der Waals surface area contributed by atoms with Crippen molar-refractivity contribution in [2.45, 2.75) is 26.1 Å². The molecular weight excluding hydrogens is 363 g/mol. The minimum Gasteiger partial charge on any atom is -0.364 e. The van der Waals surface area contributed by atoms with Crippen molar-refractivity contribution < 1.29 is 28.5 Å². The summed E-state index contributed by atoms with van der Waals surface area (Å²) in [5, 5.41) is 2.73. The number of nitrogens with one attached hydrogen (secondary N) is 3. The van der Waals surface area contributed by atoms with Crippen LogP contribution in [0.1, 0.15) is 13.8 Å². The molecule has 2 saturated heterocycles. The third-order valence-electron chi connectivity index (χ3n) is 5.36. The molecule has 7 nitrogen and oxygen atoms in total. The molecule has 3 N–H and O–H groups in total. The molecule has 0 bridgehead atoms. The highest BCUT2D eigenvalue weighted by molar-refractivity contribution is 5.91. The van der Waals surface area contributed by atoms with Gasteiger partial charge in [0.15, 0.2) is 13.1 Å². The van der Waals surface area contributed by atoms with E-state index in [2.05, 4.69) is 19.2 Å². The number of amides is 2. The standard InChI is InChI=1S/C20H29FN4O3/c1-15-11-24(12-16(2)28-15)14-20(27)25-8-6-23(7-9-25)13-19(26)22-18-5-3-4-17(21)10-18/h3-5,10,15-16H,6-9,11-14H2,1-2H3,(H,22,26)/p+2/t15-,16+. The monoisotopic (exact) mass is 394 g/mol. The topological polar surface area (TPSA) is 67.5 Å². The summed E-state index contributed by atoms with van der Waals surface area (Å²) in [5.41, 5.74) is 0.468. The number of benzene rings is 1. The number of morpholine rings is 1. The van der Waals surface area contributed by atoms with Crippen molar-refractivity contribution in [3.63, 3.8) is 0 Å². The van der Waals surface area contributed by atoms with Gasteiger partial charge in [-0.25, -0.2) is 4.39 Å². The van der Waals surface area contributed by atoms with E-state index in [1.165, 1.54) is 17.0 Å². The van der Waals surface area contributed by atoms with Crippen molar-refractivity contribution in [3.8, 4) is 0 Å². The van der Waals surface area contributed by atoms with Gasteiger partial charge in [-0.15, -0.1) is 0 Å². The van der Waals surface area contributed by atoms with Crippen LogP contribution in [0.25, 0.3) is 0 Å². The largest absolute Gasteiger partial charge is 0.364 e. The van der Waals surface area contributed by atoms with Gasteiger partial charge in [0.25, 0.3) is 11.8 Å². The summed E-state index contributed by atoms with van der Waals surface area (Å²) < 4.78 is 18.9. The highest BCUT2D eigenvalue weighted by Crippen LogP contribution is 2.08. The maximum absolute atomic E-state index is 13.2. The minimum atomic E-state index is -0.372. The number of ether oxygens (including phenoxy) is 1. The maximum atomic E-state index is 13.2. The second kappa shape index (κ2) is 9.45. The molecule has 2 heterocycles. The van der Waals surface area contributed by atoms with Gasteiger partial charge in [0.05, 0.1) is 26.2 Å². The molecular formula is C20H31FN4O3+2. The number of halogens is 1. The second-order valence-corrected chi connectivity index (χ2v) is 7.96. The Hall–Kier alpha value is -2.03. The van der Waals surface area contributed by atoms with Gasteiger partial charge in [-0.3, -0.25) is 9.59 Å². The first-order valence-electron chi connectivity index (χ1n) is 10.0. The smallest absolute Gasteiger partial charge is 0.279 e. The lowest BCUT2D eigenvalue weighted by Crippen LogP contribution is -3.17. The number of carbonyl (C=O) groups is 2. The average molecular weight is 394 g/mol. The first-order chi connectivity index (χ1) is 13.4. The van der Waals surface area contributed by atoms with Crippen molar-refractivity contribution in [3.05, 3.63) is 30.1 Å². The van der Waals surface area contributed by atoms with Gasteiger partial charge in [0.1, 0.15) is 31.1 Å². The molecule has 154 valence electrons. The van der Waals surface area contributed by atoms with E-state index in [0.29, 0.717) is 31.9 Å². The predicted octanol–water partition coefficient (Wildman–Crippen LogP) is -1.82. The first-order valence-corrected chi connectivity index (χ1v) is 10.0. The van der Waals surface area contributed by atoms with E-state index in [9.17, 15) is 14.0 Å². The molecule has 0 aromatic heterocycles. The molecule has 1 aromatic carbocycles. The van der Waals surface area contributed by atoms with Gasteiger partial charge in [0.2, 0.25) is 0 Å². The van der Waals surface area contributed by atoms with Crippen LogP contribution in [0, 0.1) is 5.82 Å². The molecule has 3 atom stereocenters. The number of carbonyl (C=O) groups excluding carboxylic acids is 2. The second-order valence-electron chi connectivity index (χ2n) is 7.96. The van der Waals surface area contributed by atoms with Crippen LogP contribution in [0.15, 0.2) is 24.3 Å². The quantitative estimate of drug-likeness (QED) is 0.551. The van der Waals surface area contributed by atoms with Crippen LogP contribution in [0.5, 0.6) is 0 Å². The van der Waals surface area contributed by atoms with E-state index in [0.717, 1.165) is 31.1 Å². The summed E-state index contributed by atoms with van der Waals surface area (Å²) in [4.78, 5) is 29.1. The van der Waals surface area contributed by atoms with Crippen LogP contribution in [0.4, 0.5) is 10.1 Å². The molecule has 2 fully saturated rings. The molecule has 1 unspecified atom stereocenters. The molecule has 2 amide bonds. The minimum absolute atomic E-state index is 0.138. The number of nitrogens with zero attached hydrogens (tertiary/aromatic N) is 1. The third kappa shape index (κ3) is 5.98. The fourth-order valence-electron chi connectivity index (χ4n) is 4.11. The number of rotatable bonds is 5. The molecule has 0 radical (unpaired) electrons. The lowest BCUT2D eigenvalue weighted by Gasteiger charge is -2.35. The van der Waals surface area contributed by atoms with Crippen LogP contribution >= 0.6 is 0 Å². The highest BCUT2D eigenvalue weighted by Gasteiger charge is 2.31. The average Bonchev–Trinajstić information content (AvgIpc) is 2.61. The maximum Gasteiger partial charge on any atom is 0.279 e. The summed E-state index contributed by atoms with van der Waals surface area (Å²) in [5.74, 6) is -0.330. The lowest BCUT2D eigenvalue weighted by atomic mass is 10.2. The Morgan fingerprint density at radius 3 is 2.46 bits per heavy atom. The number of anilines is 1.